The van der Waals surface area contributed by atoms with Crippen LogP contribution in [0.15, 0.2) is 0 Å². The molecule has 0 fully saturated rings. The van der Waals surface area contributed by atoms with Crippen molar-refractivity contribution in [1.82, 2.24) is 0 Å². The van der Waals surface area contributed by atoms with Crippen molar-refractivity contribution in [2.75, 3.05) is 119 Å². The van der Waals surface area contributed by atoms with Crippen LogP contribution in [0.4, 0.5) is 0 Å². The molecule has 1 atom stereocenters. The Morgan fingerprint density at radius 3 is 0.889 bits per heavy atom. The molecule has 0 saturated heterocycles. The van der Waals surface area contributed by atoms with Crippen molar-refractivity contribution < 1.29 is 52.5 Å². The molecular formula is C34H72O11. The molecule has 0 rings (SSSR count). The first kappa shape index (κ1) is 48.5. The fraction of sp³-hybridized carbons (Fsp3) is 0.971. The molecule has 45 heavy (non-hydrogen) atoms. The number of ether oxygens (including phenoxy) is 9. The third kappa shape index (κ3) is 41.1. The van der Waals surface area contributed by atoms with Crippen LogP contribution in [0.5, 0.6) is 0 Å². The van der Waals surface area contributed by atoms with E-state index >= 15 is 0 Å². The lowest BCUT2D eigenvalue weighted by molar-refractivity contribution is -0.148. The fourth-order valence-corrected chi connectivity index (χ4v) is 3.47. The summed E-state index contributed by atoms with van der Waals surface area (Å²) in [7, 11) is 0. The third-order valence-corrected chi connectivity index (χ3v) is 6.18. The molecule has 1 unspecified atom stereocenters. The zero-order valence-corrected chi connectivity index (χ0v) is 27.4. The highest BCUT2D eigenvalue weighted by Crippen LogP contribution is 2.03. The van der Waals surface area contributed by atoms with Crippen LogP contribution in [0, 0.1) is 5.92 Å². The zero-order valence-electron chi connectivity index (χ0n) is 27.4. The molecule has 0 radical (unpaired) electrons. The Kier molecular flexibility index (Phi) is 46.5. The van der Waals surface area contributed by atoms with E-state index in [1.54, 1.807) is 0 Å². The van der Waals surface area contributed by atoms with Crippen molar-refractivity contribution in [3.63, 3.8) is 0 Å². The van der Waals surface area contributed by atoms with Gasteiger partial charge in [0.2, 0.25) is 0 Å². The van der Waals surface area contributed by atoms with Crippen LogP contribution in [0.3, 0.4) is 0 Å². The molecule has 0 aromatic rings. The van der Waals surface area contributed by atoms with Gasteiger partial charge in [-0.05, 0) is 57.8 Å². The summed E-state index contributed by atoms with van der Waals surface area (Å²) in [6.07, 6.45) is 8.39. The highest BCUT2D eigenvalue weighted by molar-refractivity contribution is 5.71. The number of hydrogen-bond donors (Lipinski definition) is 1. The molecule has 0 aromatic heterocycles. The predicted molar refractivity (Wildman–Crippen MR) is 179 cm³/mol. The minimum atomic E-state index is -0.126. The summed E-state index contributed by atoms with van der Waals surface area (Å²) in [6, 6.07) is 0. The Bertz CT molecular complexity index is 540. The number of rotatable bonds is 37. The van der Waals surface area contributed by atoms with E-state index in [9.17, 15) is 4.79 Å². The van der Waals surface area contributed by atoms with E-state index in [4.69, 9.17) is 47.7 Å². The van der Waals surface area contributed by atoms with Crippen LogP contribution in [-0.4, -0.2) is 130 Å². The van der Waals surface area contributed by atoms with E-state index in [-0.39, 0.29) is 33.3 Å². The van der Waals surface area contributed by atoms with E-state index < -0.39 is 0 Å². The van der Waals surface area contributed by atoms with Crippen molar-refractivity contribution in [1.29, 1.82) is 0 Å². The first-order valence-electron chi connectivity index (χ1n) is 16.6. The largest absolute Gasteiger partial charge is 0.465 e. The van der Waals surface area contributed by atoms with Gasteiger partial charge in [-0.15, -0.1) is 0 Å². The van der Waals surface area contributed by atoms with Gasteiger partial charge in [0, 0.05) is 119 Å². The summed E-state index contributed by atoms with van der Waals surface area (Å²) < 4.78 is 49.7. The molecule has 0 heterocycles. The Morgan fingerprint density at radius 1 is 0.444 bits per heavy atom. The molecule has 0 aliphatic carbocycles. The molecule has 11 nitrogen and oxygen atoms in total. The number of hydrogen-bond acceptors (Lipinski definition) is 11. The molecule has 0 aromatic carbocycles. The molecule has 0 spiro atoms. The average Bonchev–Trinajstić information content (AvgIpc) is 3.02. The average molecular weight is 657 g/mol. The minimum Gasteiger partial charge on any atom is -0.465 e. The van der Waals surface area contributed by atoms with Crippen molar-refractivity contribution in [3.8, 4) is 0 Å². The number of esters is 1. The molecule has 0 bridgehead atoms. The van der Waals surface area contributed by atoms with Gasteiger partial charge >= 0.3 is 5.97 Å². The van der Waals surface area contributed by atoms with Gasteiger partial charge < -0.3 is 47.7 Å². The van der Waals surface area contributed by atoms with Crippen molar-refractivity contribution in [2.45, 2.75) is 92.9 Å². The van der Waals surface area contributed by atoms with Gasteiger partial charge in [0.1, 0.15) is 0 Å². The van der Waals surface area contributed by atoms with E-state index in [2.05, 4.69) is 0 Å². The van der Waals surface area contributed by atoms with E-state index in [1.165, 1.54) is 0 Å². The highest BCUT2D eigenvalue weighted by Gasteiger charge is 2.11. The van der Waals surface area contributed by atoms with Gasteiger partial charge in [0.25, 0.3) is 0 Å². The van der Waals surface area contributed by atoms with E-state index in [0.717, 1.165) is 57.8 Å². The molecule has 0 amide bonds. The topological polar surface area (TPSA) is 120 Å². The maximum Gasteiger partial charge on any atom is 0.308 e. The number of carbonyl (C=O) groups excluding carboxylic acids is 1. The standard InChI is InChI=1S/C32H64O11.2CH4/c1-3-31(2)32(34)43-30-12-29-42-28-11-27-41-26-10-25-40-24-9-23-39-22-8-21-38-20-7-19-37-18-6-17-36-16-5-15-35-14-4-13-33;;/h31,33H,3-30H2,1-2H3;2*1H4. The molecule has 1 N–H and O–H groups in total. The van der Waals surface area contributed by atoms with Gasteiger partial charge in [-0.2, -0.15) is 0 Å². The summed E-state index contributed by atoms with van der Waals surface area (Å²) >= 11 is 0. The molecule has 0 aliphatic heterocycles. The van der Waals surface area contributed by atoms with Crippen LogP contribution in [-0.2, 0) is 47.4 Å². The number of aliphatic hydroxyl groups excluding tert-OH is 1. The predicted octanol–water partition coefficient (Wildman–Crippen LogP) is 5.48. The second-order valence-corrected chi connectivity index (χ2v) is 10.3. The summed E-state index contributed by atoms with van der Waals surface area (Å²) in [6.45, 7) is 15.4. The highest BCUT2D eigenvalue weighted by atomic mass is 16.5. The van der Waals surface area contributed by atoms with Crippen LogP contribution < -0.4 is 0 Å². The molecule has 274 valence electrons. The maximum absolute atomic E-state index is 11.5. The third-order valence-electron chi connectivity index (χ3n) is 6.18. The second-order valence-electron chi connectivity index (χ2n) is 10.3. The van der Waals surface area contributed by atoms with Gasteiger partial charge in [-0.1, -0.05) is 28.7 Å². The van der Waals surface area contributed by atoms with Crippen molar-refractivity contribution in [2.24, 2.45) is 5.92 Å². The molecular weight excluding hydrogens is 584 g/mol. The quantitative estimate of drug-likeness (QED) is 0.0676. The lowest BCUT2D eigenvalue weighted by Crippen LogP contribution is -2.15. The van der Waals surface area contributed by atoms with Gasteiger partial charge in [0.15, 0.2) is 0 Å². The summed E-state index contributed by atoms with van der Waals surface area (Å²) in [4.78, 5) is 11.5. The zero-order chi connectivity index (χ0) is 31.3. The lowest BCUT2D eigenvalue weighted by Gasteiger charge is -2.09. The summed E-state index contributed by atoms with van der Waals surface area (Å²) in [5, 5.41) is 8.66. The van der Waals surface area contributed by atoms with Gasteiger partial charge in [0.05, 0.1) is 12.5 Å². The first-order chi connectivity index (χ1) is 21.2. The summed E-state index contributed by atoms with van der Waals surface area (Å²) in [5.74, 6) is -0.156. The van der Waals surface area contributed by atoms with Crippen molar-refractivity contribution in [3.05, 3.63) is 0 Å². The molecule has 0 aliphatic rings. The first-order valence-corrected chi connectivity index (χ1v) is 16.6. The Labute approximate surface area is 276 Å². The lowest BCUT2D eigenvalue weighted by atomic mass is 10.1. The smallest absolute Gasteiger partial charge is 0.308 e. The monoisotopic (exact) mass is 657 g/mol. The second kappa shape index (κ2) is 43.1. The molecule has 11 heteroatoms. The number of carbonyl (C=O) groups is 1. The van der Waals surface area contributed by atoms with Gasteiger partial charge in [-0.25, -0.2) is 0 Å². The Balaban J connectivity index is -0.00000882. The Morgan fingerprint density at radius 2 is 0.667 bits per heavy atom. The normalized spacial score (nSPS) is 11.6. The van der Waals surface area contributed by atoms with Crippen LogP contribution in [0.2, 0.25) is 0 Å². The van der Waals surface area contributed by atoms with E-state index in [0.29, 0.717) is 119 Å². The molecule has 0 saturated carbocycles. The SMILES string of the molecule is C.C.CCC(C)C(=O)OCCCOCCCOCCCOCCCOCCCOCCCOCCCOCCCOCCCO. The van der Waals surface area contributed by atoms with Crippen molar-refractivity contribution >= 4 is 5.97 Å². The Hall–Kier alpha value is -0.890. The van der Waals surface area contributed by atoms with Crippen LogP contribution >= 0.6 is 0 Å². The van der Waals surface area contributed by atoms with Crippen LogP contribution in [0.25, 0.3) is 0 Å². The minimum absolute atomic E-state index is 0. The number of aliphatic hydroxyl groups is 1. The maximum atomic E-state index is 11.5. The van der Waals surface area contributed by atoms with E-state index in [1.807, 2.05) is 13.8 Å². The van der Waals surface area contributed by atoms with Gasteiger partial charge in [-0.3, -0.25) is 4.79 Å². The van der Waals surface area contributed by atoms with Crippen LogP contribution in [0.1, 0.15) is 92.9 Å². The fourth-order valence-electron chi connectivity index (χ4n) is 3.47. The summed E-state index contributed by atoms with van der Waals surface area (Å²) in [5.41, 5.74) is 0.